The Morgan fingerprint density at radius 2 is 2.00 bits per heavy atom. The second-order valence-corrected chi connectivity index (χ2v) is 4.90. The Morgan fingerprint density at radius 1 is 1.22 bits per heavy atom. The molecule has 2 rings (SSSR count). The average molecular weight is 318 g/mol. The molecule has 0 amide bonds. The molecule has 1 unspecified atom stereocenters. The largest absolute Gasteiger partial charge is 0.418 e. The minimum atomic E-state index is -4.36. The zero-order valence-corrected chi connectivity index (χ0v) is 10.9. The molecule has 0 saturated carbocycles. The highest BCUT2D eigenvalue weighted by molar-refractivity contribution is 9.10. The monoisotopic (exact) mass is 317 g/mol. The van der Waals surface area contributed by atoms with Crippen LogP contribution in [0.2, 0.25) is 0 Å². The van der Waals surface area contributed by atoms with E-state index < -0.39 is 11.7 Å². The van der Waals surface area contributed by atoms with E-state index in [2.05, 4.69) is 21.2 Å². The third kappa shape index (κ3) is 3.16. The summed E-state index contributed by atoms with van der Waals surface area (Å²) in [6, 6.07) is 4.03. The molecule has 1 aliphatic carbocycles. The van der Waals surface area contributed by atoms with Crippen LogP contribution in [0.5, 0.6) is 0 Å². The number of hydrogen-bond acceptors (Lipinski definition) is 1. The summed E-state index contributed by atoms with van der Waals surface area (Å²) >= 11 is 3.06. The lowest BCUT2D eigenvalue weighted by Gasteiger charge is -2.20. The van der Waals surface area contributed by atoms with Gasteiger partial charge in [-0.05, 0) is 24.6 Å². The van der Waals surface area contributed by atoms with Gasteiger partial charge in [-0.3, -0.25) is 0 Å². The van der Waals surface area contributed by atoms with Gasteiger partial charge in [-0.25, -0.2) is 0 Å². The Balaban J connectivity index is 2.27. The topological polar surface area (TPSA) is 12.0 Å². The third-order valence-corrected chi connectivity index (χ3v) is 3.10. The van der Waals surface area contributed by atoms with Crippen molar-refractivity contribution in [2.45, 2.75) is 18.6 Å². The van der Waals surface area contributed by atoms with Gasteiger partial charge in [-0.1, -0.05) is 40.2 Å². The molecule has 1 N–H and O–H groups in total. The Morgan fingerprint density at radius 3 is 2.61 bits per heavy atom. The Hall–Kier alpha value is -1.23. The molecular formula is C13H11BrF3N. The summed E-state index contributed by atoms with van der Waals surface area (Å²) in [6.07, 6.45) is 3.80. The molecule has 0 heterocycles. The molecule has 0 fully saturated rings. The minimum Gasteiger partial charge on any atom is -0.378 e. The van der Waals surface area contributed by atoms with Crippen LogP contribution < -0.4 is 5.32 Å². The van der Waals surface area contributed by atoms with E-state index in [4.69, 9.17) is 0 Å². The number of allylic oxidation sites excluding steroid dienone is 2. The quantitative estimate of drug-likeness (QED) is 0.829. The molecule has 0 aliphatic heterocycles. The molecule has 0 saturated heterocycles. The van der Waals surface area contributed by atoms with Crippen LogP contribution in [-0.4, -0.2) is 6.04 Å². The molecular weight excluding hydrogens is 307 g/mol. The number of alkyl halides is 3. The third-order valence-electron chi connectivity index (χ3n) is 2.61. The second-order valence-electron chi connectivity index (χ2n) is 3.99. The fraction of sp³-hybridized carbons (Fsp3) is 0.231. The van der Waals surface area contributed by atoms with Gasteiger partial charge >= 0.3 is 6.18 Å². The van der Waals surface area contributed by atoms with E-state index in [0.29, 0.717) is 10.9 Å². The van der Waals surface area contributed by atoms with Gasteiger partial charge in [0, 0.05) is 16.2 Å². The van der Waals surface area contributed by atoms with Crippen LogP contribution in [0.4, 0.5) is 18.9 Å². The fourth-order valence-corrected chi connectivity index (χ4v) is 2.13. The first-order valence-corrected chi connectivity index (χ1v) is 6.23. The van der Waals surface area contributed by atoms with E-state index >= 15 is 0 Å². The number of rotatable bonds is 2. The summed E-state index contributed by atoms with van der Waals surface area (Å²) in [4.78, 5) is 0. The number of anilines is 1. The summed E-state index contributed by atoms with van der Waals surface area (Å²) in [5.41, 5.74) is -0.546. The standard InChI is InChI=1S/C13H11BrF3N/c14-9-6-7-12(11(8-9)13(15,16)17)18-10-4-2-1-3-5-10/h1-4,6-8,10,18H,5H2. The smallest absolute Gasteiger partial charge is 0.378 e. The molecule has 1 aliphatic rings. The number of nitrogens with one attached hydrogen (secondary N) is 1. The highest BCUT2D eigenvalue weighted by Gasteiger charge is 2.34. The summed E-state index contributed by atoms with van der Waals surface area (Å²) in [7, 11) is 0. The maximum absolute atomic E-state index is 12.9. The van der Waals surface area contributed by atoms with E-state index in [1.165, 1.54) is 6.07 Å². The van der Waals surface area contributed by atoms with Crippen LogP contribution in [0.3, 0.4) is 0 Å². The van der Waals surface area contributed by atoms with Gasteiger partial charge < -0.3 is 5.32 Å². The summed E-state index contributed by atoms with van der Waals surface area (Å²) in [5.74, 6) is 0. The molecule has 1 aromatic rings. The predicted molar refractivity (Wildman–Crippen MR) is 69.5 cm³/mol. The lowest BCUT2D eigenvalue weighted by Crippen LogP contribution is -2.20. The maximum atomic E-state index is 12.9. The van der Waals surface area contributed by atoms with Gasteiger partial charge in [-0.15, -0.1) is 0 Å². The van der Waals surface area contributed by atoms with Crippen LogP contribution in [-0.2, 0) is 6.18 Å². The lowest BCUT2D eigenvalue weighted by molar-refractivity contribution is -0.137. The summed E-state index contributed by atoms with van der Waals surface area (Å²) < 4.78 is 39.1. The molecule has 0 aromatic heterocycles. The van der Waals surface area contributed by atoms with Crippen LogP contribution in [0.25, 0.3) is 0 Å². The zero-order chi connectivity index (χ0) is 13.2. The molecule has 18 heavy (non-hydrogen) atoms. The van der Waals surface area contributed by atoms with Crippen molar-refractivity contribution in [2.75, 3.05) is 5.32 Å². The Labute approximate surface area is 112 Å². The Bertz CT molecular complexity index is 491. The van der Waals surface area contributed by atoms with E-state index in [-0.39, 0.29) is 11.7 Å². The summed E-state index contributed by atoms with van der Waals surface area (Å²) in [6.45, 7) is 0. The molecule has 0 spiro atoms. The lowest BCUT2D eigenvalue weighted by atomic mass is 10.1. The minimum absolute atomic E-state index is 0.0997. The van der Waals surface area contributed by atoms with E-state index in [1.54, 1.807) is 6.07 Å². The van der Waals surface area contributed by atoms with Gasteiger partial charge in [0.15, 0.2) is 0 Å². The maximum Gasteiger partial charge on any atom is 0.418 e. The van der Waals surface area contributed by atoms with Crippen LogP contribution in [0.15, 0.2) is 47.0 Å². The number of halogens is 4. The first kappa shape index (κ1) is 13.2. The Kier molecular flexibility index (Phi) is 3.80. The highest BCUT2D eigenvalue weighted by Crippen LogP contribution is 2.37. The second kappa shape index (κ2) is 5.18. The van der Waals surface area contributed by atoms with Crippen molar-refractivity contribution >= 4 is 21.6 Å². The zero-order valence-electron chi connectivity index (χ0n) is 9.34. The van der Waals surface area contributed by atoms with Crippen molar-refractivity contribution < 1.29 is 13.2 Å². The average Bonchev–Trinajstić information content (AvgIpc) is 2.31. The van der Waals surface area contributed by atoms with E-state index in [1.807, 2.05) is 24.3 Å². The molecule has 0 radical (unpaired) electrons. The van der Waals surface area contributed by atoms with Gasteiger partial charge in [0.05, 0.1) is 5.56 Å². The predicted octanol–water partition coefficient (Wildman–Crippen LogP) is 4.76. The van der Waals surface area contributed by atoms with Crippen LogP contribution in [0, 0.1) is 0 Å². The van der Waals surface area contributed by atoms with Crippen molar-refractivity contribution in [1.82, 2.24) is 0 Å². The van der Waals surface area contributed by atoms with Gasteiger partial charge in [0.2, 0.25) is 0 Å². The molecule has 5 heteroatoms. The normalized spacial score (nSPS) is 19.0. The molecule has 1 nitrogen and oxygen atoms in total. The number of hydrogen-bond donors (Lipinski definition) is 1. The van der Waals surface area contributed by atoms with Crippen LogP contribution in [0.1, 0.15) is 12.0 Å². The van der Waals surface area contributed by atoms with Gasteiger partial charge in [0.25, 0.3) is 0 Å². The molecule has 1 atom stereocenters. The summed E-state index contributed by atoms with van der Waals surface area (Å²) in [5, 5.41) is 2.90. The van der Waals surface area contributed by atoms with Crippen molar-refractivity contribution in [3.63, 3.8) is 0 Å². The van der Waals surface area contributed by atoms with Crippen molar-refractivity contribution in [1.29, 1.82) is 0 Å². The first-order chi connectivity index (χ1) is 8.47. The van der Waals surface area contributed by atoms with Gasteiger partial charge in [0.1, 0.15) is 0 Å². The fourth-order valence-electron chi connectivity index (χ4n) is 1.76. The van der Waals surface area contributed by atoms with Gasteiger partial charge in [-0.2, -0.15) is 13.2 Å². The molecule has 1 aromatic carbocycles. The molecule has 0 bridgehead atoms. The molecule has 96 valence electrons. The SMILES string of the molecule is FC(F)(F)c1cc(Br)ccc1NC1C=CC=CC1. The van der Waals surface area contributed by atoms with E-state index in [9.17, 15) is 13.2 Å². The highest BCUT2D eigenvalue weighted by atomic mass is 79.9. The first-order valence-electron chi connectivity index (χ1n) is 5.43. The van der Waals surface area contributed by atoms with Crippen molar-refractivity contribution in [3.8, 4) is 0 Å². The number of benzene rings is 1. The van der Waals surface area contributed by atoms with Crippen molar-refractivity contribution in [3.05, 3.63) is 52.5 Å². The van der Waals surface area contributed by atoms with Crippen LogP contribution >= 0.6 is 15.9 Å². The van der Waals surface area contributed by atoms with E-state index in [0.717, 1.165) is 6.07 Å². The van der Waals surface area contributed by atoms with Crippen molar-refractivity contribution in [2.24, 2.45) is 0 Å².